The number of anilines is 1. The van der Waals surface area contributed by atoms with Crippen LogP contribution in [0.25, 0.3) is 0 Å². The quantitative estimate of drug-likeness (QED) is 0.753. The Kier molecular flexibility index (Phi) is 3.33. The van der Waals surface area contributed by atoms with Gasteiger partial charge in [0, 0.05) is 6.04 Å². The van der Waals surface area contributed by atoms with Crippen molar-refractivity contribution in [2.45, 2.75) is 19.4 Å². The standard InChI is InChI=1S/C8H10FN3O2/c1-5(2-7(13)14)12-8-10-3-6(9)4-11-8/h3-5H,2H2,1H3,(H,13,14)(H,10,11,12). The summed E-state index contributed by atoms with van der Waals surface area (Å²) < 4.78 is 12.4. The minimum atomic E-state index is -0.910. The van der Waals surface area contributed by atoms with Crippen LogP contribution in [0.4, 0.5) is 10.3 Å². The lowest BCUT2D eigenvalue weighted by molar-refractivity contribution is -0.137. The highest BCUT2D eigenvalue weighted by atomic mass is 19.1. The van der Waals surface area contributed by atoms with E-state index in [9.17, 15) is 9.18 Å². The zero-order valence-corrected chi connectivity index (χ0v) is 7.57. The third kappa shape index (κ3) is 3.34. The lowest BCUT2D eigenvalue weighted by Gasteiger charge is -2.10. The Bertz CT molecular complexity index is 315. The molecule has 1 aromatic rings. The number of carboxylic acids is 1. The maximum absolute atomic E-state index is 12.4. The molecule has 0 saturated carbocycles. The van der Waals surface area contributed by atoms with Crippen LogP contribution >= 0.6 is 0 Å². The molecular formula is C8H10FN3O2. The molecule has 0 aliphatic heterocycles. The number of hydrogen-bond acceptors (Lipinski definition) is 4. The van der Waals surface area contributed by atoms with Gasteiger partial charge < -0.3 is 10.4 Å². The predicted molar refractivity (Wildman–Crippen MR) is 47.3 cm³/mol. The van der Waals surface area contributed by atoms with E-state index in [0.717, 1.165) is 12.4 Å². The van der Waals surface area contributed by atoms with Crippen molar-refractivity contribution in [2.24, 2.45) is 0 Å². The van der Waals surface area contributed by atoms with Crippen LogP contribution in [-0.2, 0) is 4.79 Å². The van der Waals surface area contributed by atoms with Crippen LogP contribution in [0, 0.1) is 5.82 Å². The van der Waals surface area contributed by atoms with Crippen molar-refractivity contribution in [3.63, 3.8) is 0 Å². The number of hydrogen-bond donors (Lipinski definition) is 2. The number of rotatable bonds is 4. The molecule has 14 heavy (non-hydrogen) atoms. The van der Waals surface area contributed by atoms with Crippen molar-refractivity contribution < 1.29 is 14.3 Å². The van der Waals surface area contributed by atoms with Gasteiger partial charge in [-0.15, -0.1) is 0 Å². The van der Waals surface area contributed by atoms with E-state index in [-0.39, 0.29) is 18.4 Å². The molecule has 1 rings (SSSR count). The van der Waals surface area contributed by atoms with Crippen LogP contribution in [-0.4, -0.2) is 27.1 Å². The highest BCUT2D eigenvalue weighted by Crippen LogP contribution is 2.02. The summed E-state index contributed by atoms with van der Waals surface area (Å²) in [6.07, 6.45) is 1.99. The summed E-state index contributed by atoms with van der Waals surface area (Å²) in [4.78, 5) is 17.6. The lowest BCUT2D eigenvalue weighted by atomic mass is 10.2. The van der Waals surface area contributed by atoms with E-state index in [1.54, 1.807) is 6.92 Å². The predicted octanol–water partition coefficient (Wildman–Crippen LogP) is 0.891. The molecule has 0 amide bonds. The molecule has 0 spiro atoms. The molecular weight excluding hydrogens is 189 g/mol. The normalized spacial score (nSPS) is 12.1. The Hall–Kier alpha value is -1.72. The van der Waals surface area contributed by atoms with Crippen LogP contribution in [0.5, 0.6) is 0 Å². The number of carbonyl (C=O) groups is 1. The molecule has 5 nitrogen and oxygen atoms in total. The van der Waals surface area contributed by atoms with Gasteiger partial charge in [-0.3, -0.25) is 4.79 Å². The largest absolute Gasteiger partial charge is 0.481 e. The second-order valence-electron chi connectivity index (χ2n) is 2.87. The Balaban J connectivity index is 2.51. The summed E-state index contributed by atoms with van der Waals surface area (Å²) in [5.74, 6) is -1.21. The first-order valence-corrected chi connectivity index (χ1v) is 4.04. The van der Waals surface area contributed by atoms with Gasteiger partial charge in [-0.2, -0.15) is 0 Å². The topological polar surface area (TPSA) is 75.1 Å². The van der Waals surface area contributed by atoms with Gasteiger partial charge in [0.2, 0.25) is 5.95 Å². The van der Waals surface area contributed by atoms with E-state index in [1.807, 2.05) is 0 Å². The van der Waals surface area contributed by atoms with E-state index in [1.165, 1.54) is 0 Å². The van der Waals surface area contributed by atoms with Gasteiger partial charge >= 0.3 is 5.97 Å². The second kappa shape index (κ2) is 4.50. The van der Waals surface area contributed by atoms with Crippen LogP contribution in [0.3, 0.4) is 0 Å². The molecule has 1 heterocycles. The monoisotopic (exact) mass is 199 g/mol. The lowest BCUT2D eigenvalue weighted by Crippen LogP contribution is -2.20. The summed E-state index contributed by atoms with van der Waals surface area (Å²) in [6.45, 7) is 1.68. The second-order valence-corrected chi connectivity index (χ2v) is 2.87. The van der Waals surface area contributed by atoms with Gasteiger partial charge in [-0.25, -0.2) is 14.4 Å². The summed E-state index contributed by atoms with van der Waals surface area (Å²) in [6, 6.07) is -0.294. The highest BCUT2D eigenvalue weighted by Gasteiger charge is 2.08. The summed E-state index contributed by atoms with van der Waals surface area (Å²) in [5.41, 5.74) is 0. The number of carboxylic acid groups (broad SMARTS) is 1. The fourth-order valence-electron chi connectivity index (χ4n) is 0.920. The molecule has 0 fully saturated rings. The van der Waals surface area contributed by atoms with Crippen LogP contribution in [0.1, 0.15) is 13.3 Å². The number of nitrogens with zero attached hydrogens (tertiary/aromatic N) is 2. The molecule has 6 heteroatoms. The first-order chi connectivity index (χ1) is 6.58. The first kappa shape index (κ1) is 10.4. The molecule has 0 aromatic carbocycles. The van der Waals surface area contributed by atoms with Gasteiger partial charge in [0.15, 0.2) is 5.82 Å². The van der Waals surface area contributed by atoms with Crippen LogP contribution in [0.15, 0.2) is 12.4 Å². The third-order valence-electron chi connectivity index (χ3n) is 1.48. The minimum absolute atomic E-state index is 0.0409. The minimum Gasteiger partial charge on any atom is -0.481 e. The zero-order chi connectivity index (χ0) is 10.6. The fourth-order valence-corrected chi connectivity index (χ4v) is 0.920. The zero-order valence-electron chi connectivity index (χ0n) is 7.57. The SMILES string of the molecule is CC(CC(=O)O)Nc1ncc(F)cn1. The maximum Gasteiger partial charge on any atom is 0.305 e. The van der Waals surface area contributed by atoms with Gasteiger partial charge in [0.1, 0.15) is 0 Å². The van der Waals surface area contributed by atoms with E-state index >= 15 is 0 Å². The molecule has 1 unspecified atom stereocenters. The molecule has 0 aliphatic carbocycles. The van der Waals surface area contributed by atoms with Gasteiger partial charge in [0.25, 0.3) is 0 Å². The van der Waals surface area contributed by atoms with E-state index in [4.69, 9.17) is 5.11 Å². The average molecular weight is 199 g/mol. The molecule has 1 aromatic heterocycles. The van der Waals surface area contributed by atoms with E-state index < -0.39 is 11.8 Å². The molecule has 0 bridgehead atoms. The van der Waals surface area contributed by atoms with Crippen molar-refractivity contribution >= 4 is 11.9 Å². The Morgan fingerprint density at radius 2 is 2.21 bits per heavy atom. The van der Waals surface area contributed by atoms with E-state index in [0.29, 0.717) is 0 Å². The molecule has 0 aliphatic rings. The molecule has 2 N–H and O–H groups in total. The van der Waals surface area contributed by atoms with E-state index in [2.05, 4.69) is 15.3 Å². The summed E-state index contributed by atoms with van der Waals surface area (Å²) in [7, 11) is 0. The fraction of sp³-hybridized carbons (Fsp3) is 0.375. The summed E-state index contributed by atoms with van der Waals surface area (Å²) >= 11 is 0. The van der Waals surface area contributed by atoms with Crippen molar-refractivity contribution in [2.75, 3.05) is 5.32 Å². The third-order valence-corrected chi connectivity index (χ3v) is 1.48. The Morgan fingerprint density at radius 1 is 1.64 bits per heavy atom. The van der Waals surface area contributed by atoms with Gasteiger partial charge in [0.05, 0.1) is 18.8 Å². The number of aliphatic carboxylic acids is 1. The Labute approximate surface area is 80.0 Å². The van der Waals surface area contributed by atoms with Crippen LogP contribution in [0.2, 0.25) is 0 Å². The average Bonchev–Trinajstić information content (AvgIpc) is 2.07. The number of aromatic nitrogens is 2. The smallest absolute Gasteiger partial charge is 0.305 e. The molecule has 76 valence electrons. The highest BCUT2D eigenvalue weighted by molar-refractivity contribution is 5.67. The number of nitrogens with one attached hydrogen (secondary N) is 1. The maximum atomic E-state index is 12.4. The Morgan fingerprint density at radius 3 is 2.71 bits per heavy atom. The van der Waals surface area contributed by atoms with Crippen molar-refractivity contribution in [1.82, 2.24) is 9.97 Å². The van der Waals surface area contributed by atoms with Gasteiger partial charge in [-0.05, 0) is 6.92 Å². The van der Waals surface area contributed by atoms with Crippen molar-refractivity contribution in [3.8, 4) is 0 Å². The molecule has 0 radical (unpaired) electrons. The number of halogens is 1. The van der Waals surface area contributed by atoms with Gasteiger partial charge in [-0.1, -0.05) is 0 Å². The van der Waals surface area contributed by atoms with Crippen LogP contribution < -0.4 is 5.32 Å². The summed E-state index contributed by atoms with van der Waals surface area (Å²) in [5, 5.41) is 11.2. The van der Waals surface area contributed by atoms with Crippen molar-refractivity contribution in [1.29, 1.82) is 0 Å². The first-order valence-electron chi connectivity index (χ1n) is 4.04. The molecule has 0 saturated heterocycles. The molecule has 1 atom stereocenters. The van der Waals surface area contributed by atoms with Crippen molar-refractivity contribution in [3.05, 3.63) is 18.2 Å².